The van der Waals surface area contributed by atoms with Gasteiger partial charge in [-0.15, -0.1) is 0 Å². The Balaban J connectivity index is 2.13. The lowest BCUT2D eigenvalue weighted by Gasteiger charge is -2.02. The van der Waals surface area contributed by atoms with Crippen LogP contribution in [0, 0.1) is 0 Å². The van der Waals surface area contributed by atoms with E-state index in [1.807, 2.05) is 6.07 Å². The summed E-state index contributed by atoms with van der Waals surface area (Å²) in [5, 5.41) is 3.32. The molecule has 0 saturated heterocycles. The first-order valence-electron chi connectivity index (χ1n) is 6.58. The molecule has 2 rings (SSSR count). The topological polar surface area (TPSA) is 38.1 Å². The average molecular weight is 244 g/mol. The summed E-state index contributed by atoms with van der Waals surface area (Å²) in [6.45, 7) is 6.07. The molecule has 0 bridgehead atoms. The normalized spacial score (nSPS) is 10.8. The summed E-state index contributed by atoms with van der Waals surface area (Å²) < 4.78 is 5.57. The first-order chi connectivity index (χ1) is 8.85. The van der Waals surface area contributed by atoms with E-state index < -0.39 is 0 Å². The van der Waals surface area contributed by atoms with Crippen LogP contribution in [-0.2, 0) is 13.0 Å². The van der Waals surface area contributed by atoms with Crippen LogP contribution in [0.1, 0.15) is 31.5 Å². The van der Waals surface area contributed by atoms with Crippen LogP contribution < -0.4 is 5.32 Å². The van der Waals surface area contributed by atoms with Crippen molar-refractivity contribution < 1.29 is 4.42 Å². The number of aryl methyl sites for hydroxylation is 1. The van der Waals surface area contributed by atoms with Gasteiger partial charge in [0.25, 0.3) is 0 Å². The van der Waals surface area contributed by atoms with Crippen LogP contribution in [0.3, 0.4) is 0 Å². The first-order valence-corrected chi connectivity index (χ1v) is 6.58. The second-order valence-corrected chi connectivity index (χ2v) is 4.33. The van der Waals surface area contributed by atoms with Crippen LogP contribution in [0.2, 0.25) is 0 Å². The number of hydrogen-bond donors (Lipinski definition) is 1. The van der Waals surface area contributed by atoms with Gasteiger partial charge in [0, 0.05) is 12.1 Å². The lowest BCUT2D eigenvalue weighted by Crippen LogP contribution is -2.13. The van der Waals surface area contributed by atoms with Crippen molar-refractivity contribution in [3.8, 4) is 11.5 Å². The summed E-state index contributed by atoms with van der Waals surface area (Å²) in [6, 6.07) is 8.26. The smallest absolute Gasteiger partial charge is 0.226 e. The van der Waals surface area contributed by atoms with Crippen molar-refractivity contribution in [2.45, 2.75) is 33.2 Å². The van der Waals surface area contributed by atoms with Crippen LogP contribution in [0.4, 0.5) is 0 Å². The van der Waals surface area contributed by atoms with Crippen LogP contribution >= 0.6 is 0 Å². The lowest BCUT2D eigenvalue weighted by atomic mass is 10.1. The maximum absolute atomic E-state index is 5.57. The molecule has 1 aromatic heterocycles. The van der Waals surface area contributed by atoms with E-state index in [1.54, 1.807) is 6.26 Å². The lowest BCUT2D eigenvalue weighted by molar-refractivity contribution is 0.569. The van der Waals surface area contributed by atoms with E-state index in [2.05, 4.69) is 42.3 Å². The number of oxazole rings is 1. The van der Waals surface area contributed by atoms with Gasteiger partial charge in [-0.25, -0.2) is 4.98 Å². The Labute approximate surface area is 108 Å². The zero-order chi connectivity index (χ0) is 12.8. The summed E-state index contributed by atoms with van der Waals surface area (Å²) in [5.74, 6) is 0.723. The summed E-state index contributed by atoms with van der Waals surface area (Å²) in [7, 11) is 0. The van der Waals surface area contributed by atoms with Crippen LogP contribution in [0.5, 0.6) is 0 Å². The van der Waals surface area contributed by atoms with E-state index in [-0.39, 0.29) is 0 Å². The molecule has 2 aromatic rings. The third-order valence-electron chi connectivity index (χ3n) is 2.91. The zero-order valence-corrected chi connectivity index (χ0v) is 11.1. The molecule has 0 aliphatic carbocycles. The second-order valence-electron chi connectivity index (χ2n) is 4.33. The molecule has 0 spiro atoms. The minimum Gasteiger partial charge on any atom is -0.444 e. The van der Waals surface area contributed by atoms with Crippen molar-refractivity contribution in [1.82, 2.24) is 10.3 Å². The predicted molar refractivity (Wildman–Crippen MR) is 73.3 cm³/mol. The van der Waals surface area contributed by atoms with Gasteiger partial charge in [-0.2, -0.15) is 0 Å². The number of rotatable bonds is 6. The molecule has 0 saturated carbocycles. The predicted octanol–water partition coefficient (Wildman–Crippen LogP) is 3.40. The highest BCUT2D eigenvalue weighted by atomic mass is 16.3. The van der Waals surface area contributed by atoms with Crippen molar-refractivity contribution in [3.63, 3.8) is 0 Å². The molecule has 0 radical (unpaired) electrons. The maximum atomic E-state index is 5.57. The van der Waals surface area contributed by atoms with Crippen molar-refractivity contribution in [2.24, 2.45) is 0 Å². The molecular weight excluding hydrogens is 224 g/mol. The number of benzene rings is 1. The number of aromatic nitrogens is 1. The third kappa shape index (κ3) is 2.99. The van der Waals surface area contributed by atoms with Gasteiger partial charge in [0.05, 0.1) is 5.69 Å². The van der Waals surface area contributed by atoms with Gasteiger partial charge in [0.1, 0.15) is 6.26 Å². The molecule has 96 valence electrons. The molecule has 1 aromatic carbocycles. The molecule has 1 heterocycles. The zero-order valence-electron chi connectivity index (χ0n) is 11.1. The summed E-state index contributed by atoms with van der Waals surface area (Å²) >= 11 is 0. The molecule has 3 nitrogen and oxygen atoms in total. The van der Waals surface area contributed by atoms with E-state index in [0.29, 0.717) is 0 Å². The summed E-state index contributed by atoms with van der Waals surface area (Å²) in [4.78, 5) is 4.53. The van der Waals surface area contributed by atoms with Gasteiger partial charge in [0.2, 0.25) is 5.89 Å². The fraction of sp³-hybridized carbons (Fsp3) is 0.400. The second kappa shape index (κ2) is 6.36. The van der Waals surface area contributed by atoms with Crippen molar-refractivity contribution in [2.75, 3.05) is 6.54 Å². The Bertz CT molecular complexity index is 491. The van der Waals surface area contributed by atoms with Gasteiger partial charge in [-0.1, -0.05) is 32.0 Å². The van der Waals surface area contributed by atoms with Gasteiger partial charge in [-0.05, 0) is 31.0 Å². The highest BCUT2D eigenvalue weighted by Gasteiger charge is 2.09. The number of hydrogen-bond acceptors (Lipinski definition) is 3. The summed E-state index contributed by atoms with van der Waals surface area (Å²) in [6.07, 6.45) is 3.86. The molecule has 0 aliphatic heterocycles. The van der Waals surface area contributed by atoms with Crippen molar-refractivity contribution in [3.05, 3.63) is 41.8 Å². The fourth-order valence-corrected chi connectivity index (χ4v) is 1.94. The van der Waals surface area contributed by atoms with Gasteiger partial charge in [-0.3, -0.25) is 0 Å². The molecule has 0 aliphatic rings. The molecule has 0 fully saturated rings. The van der Waals surface area contributed by atoms with E-state index >= 15 is 0 Å². The van der Waals surface area contributed by atoms with Gasteiger partial charge in [0.15, 0.2) is 0 Å². The monoisotopic (exact) mass is 244 g/mol. The molecule has 1 N–H and O–H groups in total. The Morgan fingerprint density at radius 1 is 1.22 bits per heavy atom. The molecule has 18 heavy (non-hydrogen) atoms. The fourth-order valence-electron chi connectivity index (χ4n) is 1.94. The minimum absolute atomic E-state index is 0.723. The standard InChI is InChI=1S/C15H20N2O/c1-3-9-16-10-13-11-18-15(17-13)14-8-6-5-7-12(14)4-2/h5-8,11,16H,3-4,9-10H2,1-2H3. The van der Waals surface area contributed by atoms with Crippen LogP contribution in [0.25, 0.3) is 11.5 Å². The quantitative estimate of drug-likeness (QED) is 0.791. The molecule has 0 unspecified atom stereocenters. The Hall–Kier alpha value is -1.61. The summed E-state index contributed by atoms with van der Waals surface area (Å²) in [5.41, 5.74) is 3.33. The minimum atomic E-state index is 0.723. The highest BCUT2D eigenvalue weighted by Crippen LogP contribution is 2.23. The van der Waals surface area contributed by atoms with Gasteiger partial charge < -0.3 is 9.73 Å². The average Bonchev–Trinajstić information content (AvgIpc) is 2.88. The number of nitrogens with zero attached hydrogens (tertiary/aromatic N) is 1. The van der Waals surface area contributed by atoms with E-state index in [1.165, 1.54) is 5.56 Å². The number of nitrogens with one attached hydrogen (secondary N) is 1. The Morgan fingerprint density at radius 3 is 2.83 bits per heavy atom. The molecule has 0 atom stereocenters. The molecule has 3 heteroatoms. The van der Waals surface area contributed by atoms with E-state index in [4.69, 9.17) is 4.42 Å². The van der Waals surface area contributed by atoms with Crippen molar-refractivity contribution >= 4 is 0 Å². The largest absolute Gasteiger partial charge is 0.444 e. The first kappa shape index (κ1) is 12.8. The van der Waals surface area contributed by atoms with E-state index in [9.17, 15) is 0 Å². The SMILES string of the molecule is CCCNCc1coc(-c2ccccc2CC)n1. The Morgan fingerprint density at radius 2 is 2.06 bits per heavy atom. The Kier molecular flexibility index (Phi) is 4.53. The molecule has 0 amide bonds. The van der Waals surface area contributed by atoms with Gasteiger partial charge >= 0.3 is 0 Å². The van der Waals surface area contributed by atoms with Crippen molar-refractivity contribution in [1.29, 1.82) is 0 Å². The van der Waals surface area contributed by atoms with Crippen LogP contribution in [-0.4, -0.2) is 11.5 Å². The highest BCUT2D eigenvalue weighted by molar-refractivity contribution is 5.58. The third-order valence-corrected chi connectivity index (χ3v) is 2.91. The maximum Gasteiger partial charge on any atom is 0.226 e. The molecular formula is C15H20N2O. The van der Waals surface area contributed by atoms with E-state index in [0.717, 1.165) is 43.1 Å². The van der Waals surface area contributed by atoms with Crippen LogP contribution in [0.15, 0.2) is 34.9 Å².